The van der Waals surface area contributed by atoms with E-state index in [1.54, 1.807) is 0 Å². The van der Waals surface area contributed by atoms with E-state index in [0.29, 0.717) is 19.1 Å². The van der Waals surface area contributed by atoms with Crippen molar-refractivity contribution in [1.29, 1.82) is 0 Å². The summed E-state index contributed by atoms with van der Waals surface area (Å²) in [4.78, 5) is 17.3. The summed E-state index contributed by atoms with van der Waals surface area (Å²) in [6.45, 7) is 10.9. The molecule has 3 aliphatic rings. The second-order valence-electron chi connectivity index (χ2n) is 13.1. The Kier molecular flexibility index (Phi) is 11.0. The van der Waals surface area contributed by atoms with Gasteiger partial charge in [-0.05, 0) is 80.1 Å². The predicted octanol–water partition coefficient (Wildman–Crippen LogP) is 6.02. The van der Waals surface area contributed by atoms with Gasteiger partial charge >= 0.3 is 6.03 Å². The summed E-state index contributed by atoms with van der Waals surface area (Å²) < 4.78 is 13.6. The molecule has 0 aliphatic carbocycles. The quantitative estimate of drug-likeness (QED) is 0.242. The first-order chi connectivity index (χ1) is 22.5. The maximum absolute atomic E-state index is 12.0. The monoisotopic (exact) mass is 626 g/mol. The number of aliphatic hydroxyl groups excluding tert-OH is 1. The molecular weight excluding hydrogens is 576 g/mol. The van der Waals surface area contributed by atoms with Crippen molar-refractivity contribution in [1.82, 2.24) is 20.4 Å². The number of benzene rings is 3. The SMILES string of the molecule is CCNC(=O)NCc1ccccc1-c1ccc(C2OC(CN3CCCC3CN3CCCC3)C(C)C(c3ccc(CO)cc3)O2)cc1. The molecule has 3 saturated heterocycles. The van der Waals surface area contributed by atoms with Crippen molar-refractivity contribution in [2.45, 2.75) is 77.2 Å². The summed E-state index contributed by atoms with van der Waals surface area (Å²) in [5.41, 5.74) is 6.23. The Bertz CT molecular complexity index is 1410. The number of ether oxygens (including phenoxy) is 2. The number of nitrogens with one attached hydrogen (secondary N) is 2. The normalized spacial score (nSPS) is 25.5. The molecule has 46 heavy (non-hydrogen) atoms. The summed E-state index contributed by atoms with van der Waals surface area (Å²) in [6, 6.07) is 25.2. The van der Waals surface area contributed by atoms with Crippen molar-refractivity contribution in [3.05, 3.63) is 95.1 Å². The first-order valence-corrected chi connectivity index (χ1v) is 17.2. The summed E-state index contributed by atoms with van der Waals surface area (Å²) in [7, 11) is 0. The lowest BCUT2D eigenvalue weighted by Gasteiger charge is -2.43. The first-order valence-electron chi connectivity index (χ1n) is 17.2. The van der Waals surface area contributed by atoms with Gasteiger partial charge in [-0.15, -0.1) is 0 Å². The van der Waals surface area contributed by atoms with Crippen molar-refractivity contribution in [2.24, 2.45) is 5.92 Å². The van der Waals surface area contributed by atoms with E-state index in [-0.39, 0.29) is 30.8 Å². The number of urea groups is 1. The number of carbonyl (C=O) groups is 1. The molecule has 0 aromatic heterocycles. The minimum absolute atomic E-state index is 0.0150. The van der Waals surface area contributed by atoms with Crippen LogP contribution in [-0.4, -0.2) is 72.4 Å². The third-order valence-electron chi connectivity index (χ3n) is 9.99. The van der Waals surface area contributed by atoms with E-state index in [1.165, 1.54) is 38.8 Å². The van der Waals surface area contributed by atoms with Crippen molar-refractivity contribution < 1.29 is 19.4 Å². The number of hydrogen-bond donors (Lipinski definition) is 3. The van der Waals surface area contributed by atoms with Gasteiger partial charge in [-0.25, -0.2) is 4.79 Å². The molecule has 0 radical (unpaired) electrons. The highest BCUT2D eigenvalue weighted by atomic mass is 16.7. The Morgan fingerprint density at radius 3 is 2.35 bits per heavy atom. The summed E-state index contributed by atoms with van der Waals surface area (Å²) in [6.07, 6.45) is 4.54. The molecule has 246 valence electrons. The Labute approximate surface area is 274 Å². The maximum atomic E-state index is 12.0. The van der Waals surface area contributed by atoms with Crippen LogP contribution < -0.4 is 10.6 Å². The molecule has 2 amide bonds. The summed E-state index contributed by atoms with van der Waals surface area (Å²) in [5, 5.41) is 15.4. The number of aliphatic hydroxyl groups is 1. The van der Waals surface area contributed by atoms with Crippen LogP contribution >= 0.6 is 0 Å². The topological polar surface area (TPSA) is 86.3 Å². The van der Waals surface area contributed by atoms with Gasteiger partial charge in [-0.1, -0.05) is 79.7 Å². The molecule has 3 aromatic carbocycles. The lowest BCUT2D eigenvalue weighted by Crippen LogP contribution is -2.48. The highest BCUT2D eigenvalue weighted by molar-refractivity contribution is 5.74. The van der Waals surface area contributed by atoms with Gasteiger partial charge in [0.25, 0.3) is 0 Å². The van der Waals surface area contributed by atoms with Gasteiger partial charge in [0.1, 0.15) is 0 Å². The van der Waals surface area contributed by atoms with Crippen LogP contribution in [0, 0.1) is 5.92 Å². The lowest BCUT2D eigenvalue weighted by molar-refractivity contribution is -0.276. The van der Waals surface area contributed by atoms with Gasteiger partial charge in [0.2, 0.25) is 0 Å². The molecule has 3 N–H and O–H groups in total. The average molecular weight is 627 g/mol. The van der Waals surface area contributed by atoms with E-state index >= 15 is 0 Å². The number of nitrogens with zero attached hydrogens (tertiary/aromatic N) is 2. The molecule has 8 heteroatoms. The fourth-order valence-corrected chi connectivity index (χ4v) is 7.34. The highest BCUT2D eigenvalue weighted by Gasteiger charge is 2.40. The Balaban J connectivity index is 1.21. The summed E-state index contributed by atoms with van der Waals surface area (Å²) >= 11 is 0. The summed E-state index contributed by atoms with van der Waals surface area (Å²) in [5.74, 6) is 0.160. The van der Waals surface area contributed by atoms with Gasteiger partial charge in [0.05, 0.1) is 18.8 Å². The van der Waals surface area contributed by atoms with Crippen LogP contribution in [0.2, 0.25) is 0 Å². The van der Waals surface area contributed by atoms with E-state index in [0.717, 1.165) is 53.0 Å². The molecule has 6 rings (SSSR count). The molecule has 8 nitrogen and oxygen atoms in total. The van der Waals surface area contributed by atoms with Gasteiger partial charge in [-0.3, -0.25) is 4.90 Å². The number of likely N-dealkylation sites (tertiary alicyclic amines) is 2. The second-order valence-corrected chi connectivity index (χ2v) is 13.1. The highest BCUT2D eigenvalue weighted by Crippen LogP contribution is 2.42. The van der Waals surface area contributed by atoms with Crippen LogP contribution in [0.25, 0.3) is 11.1 Å². The van der Waals surface area contributed by atoms with Gasteiger partial charge in [0.15, 0.2) is 6.29 Å². The molecule has 3 aromatic rings. The number of hydrogen-bond acceptors (Lipinski definition) is 6. The van der Waals surface area contributed by atoms with Crippen molar-refractivity contribution >= 4 is 6.03 Å². The van der Waals surface area contributed by atoms with Gasteiger partial charge in [0, 0.05) is 43.7 Å². The molecule has 5 unspecified atom stereocenters. The molecule has 3 aliphatic heterocycles. The molecule has 0 spiro atoms. The Morgan fingerprint density at radius 2 is 1.61 bits per heavy atom. The van der Waals surface area contributed by atoms with Crippen LogP contribution in [0.4, 0.5) is 4.79 Å². The zero-order valence-corrected chi connectivity index (χ0v) is 27.4. The largest absolute Gasteiger partial charge is 0.392 e. The van der Waals surface area contributed by atoms with E-state index in [9.17, 15) is 9.90 Å². The second kappa shape index (κ2) is 15.5. The third kappa shape index (κ3) is 7.81. The predicted molar refractivity (Wildman–Crippen MR) is 181 cm³/mol. The van der Waals surface area contributed by atoms with Crippen LogP contribution in [0.5, 0.6) is 0 Å². The zero-order chi connectivity index (χ0) is 31.9. The number of rotatable bonds is 11. The maximum Gasteiger partial charge on any atom is 0.315 e. The van der Waals surface area contributed by atoms with Gasteiger partial charge in [-0.2, -0.15) is 0 Å². The third-order valence-corrected chi connectivity index (χ3v) is 9.99. The minimum atomic E-state index is -0.493. The lowest BCUT2D eigenvalue weighted by atomic mass is 9.89. The Hall–Kier alpha value is -3.27. The van der Waals surface area contributed by atoms with Crippen LogP contribution in [0.1, 0.15) is 74.2 Å². The smallest absolute Gasteiger partial charge is 0.315 e. The average Bonchev–Trinajstić information content (AvgIpc) is 3.77. The van der Waals surface area contributed by atoms with E-state index in [1.807, 2.05) is 31.2 Å². The van der Waals surface area contributed by atoms with E-state index in [2.05, 4.69) is 75.9 Å². The van der Waals surface area contributed by atoms with Crippen molar-refractivity contribution in [3.63, 3.8) is 0 Å². The molecule has 3 heterocycles. The molecule has 0 bridgehead atoms. The van der Waals surface area contributed by atoms with Crippen LogP contribution in [-0.2, 0) is 22.6 Å². The number of amides is 2. The van der Waals surface area contributed by atoms with Gasteiger partial charge < -0.3 is 30.1 Å². The fourth-order valence-electron chi connectivity index (χ4n) is 7.34. The molecular formula is C38H50N4O4. The standard InChI is InChI=1S/C38H50N4O4/c1-3-39-38(44)40-23-32-9-4-5-11-34(32)29-16-18-31(19-17-29)37-45-35(25-42-22-8-10-33(42)24-41-20-6-7-21-41)27(2)36(46-37)30-14-12-28(26-43)13-15-30/h4-5,9,11-19,27,33,35-37,43H,3,6-8,10,20-26H2,1-2H3,(H2,39,40,44). The van der Waals surface area contributed by atoms with Crippen molar-refractivity contribution in [2.75, 3.05) is 39.3 Å². The van der Waals surface area contributed by atoms with E-state index in [4.69, 9.17) is 9.47 Å². The van der Waals surface area contributed by atoms with Crippen LogP contribution in [0.3, 0.4) is 0 Å². The fraction of sp³-hybridized carbons (Fsp3) is 0.500. The molecule has 0 saturated carbocycles. The number of carbonyl (C=O) groups excluding carboxylic acids is 1. The zero-order valence-electron chi connectivity index (χ0n) is 27.4. The minimum Gasteiger partial charge on any atom is -0.392 e. The molecule has 5 atom stereocenters. The van der Waals surface area contributed by atoms with Crippen LogP contribution in [0.15, 0.2) is 72.8 Å². The Morgan fingerprint density at radius 1 is 0.870 bits per heavy atom. The first kappa shape index (κ1) is 32.7. The van der Waals surface area contributed by atoms with Crippen molar-refractivity contribution in [3.8, 4) is 11.1 Å². The molecule has 3 fully saturated rings. The van der Waals surface area contributed by atoms with E-state index < -0.39 is 6.29 Å².